The van der Waals surface area contributed by atoms with E-state index in [0.29, 0.717) is 22.4 Å². The Labute approximate surface area is 183 Å². The fourth-order valence-corrected chi connectivity index (χ4v) is 3.92. The maximum atomic E-state index is 12.4. The molecule has 11 nitrogen and oxygen atoms in total. The summed E-state index contributed by atoms with van der Waals surface area (Å²) in [6.07, 6.45) is 0.193. The fourth-order valence-electron chi connectivity index (χ4n) is 3.17. The molecule has 1 aromatic carbocycles. The fraction of sp³-hybridized carbons (Fsp3) is 0.421. The molecule has 1 aliphatic rings. The summed E-state index contributed by atoms with van der Waals surface area (Å²) in [4.78, 5) is 17.1. The molecule has 0 unspecified atom stereocenters. The third kappa shape index (κ3) is 5.75. The van der Waals surface area contributed by atoms with Crippen molar-refractivity contribution >= 4 is 28.2 Å². The van der Waals surface area contributed by atoms with E-state index in [2.05, 4.69) is 47.3 Å². The zero-order valence-electron chi connectivity index (χ0n) is 17.2. The normalized spacial score (nSPS) is 15.1. The molecule has 2 aromatic heterocycles. The van der Waals surface area contributed by atoms with Crippen molar-refractivity contribution < 1.29 is 14.2 Å². The highest BCUT2D eigenvalue weighted by atomic mass is 32.1. The zero-order chi connectivity index (χ0) is 21.6. The molecule has 3 aromatic rings. The Kier molecular flexibility index (Phi) is 6.70. The van der Waals surface area contributed by atoms with Gasteiger partial charge in [0.2, 0.25) is 11.0 Å². The van der Waals surface area contributed by atoms with Gasteiger partial charge in [-0.1, -0.05) is 23.5 Å². The molecule has 3 N–H and O–H groups in total. The zero-order valence-corrected chi connectivity index (χ0v) is 18.0. The summed E-state index contributed by atoms with van der Waals surface area (Å²) in [5, 5.41) is 18.6. The summed E-state index contributed by atoms with van der Waals surface area (Å²) >= 11 is 1.14. The number of nitrogens with one attached hydrogen (secondary N) is 1. The van der Waals surface area contributed by atoms with E-state index >= 15 is 0 Å². The van der Waals surface area contributed by atoms with Gasteiger partial charge in [-0.3, -0.25) is 9.69 Å². The molecule has 164 valence electrons. The number of hydrogen-bond donors (Lipinski definition) is 2. The number of aromatic nitrogens is 4. The highest BCUT2D eigenvalue weighted by molar-refractivity contribution is 7.18. The summed E-state index contributed by atoms with van der Waals surface area (Å²) in [5.41, 5.74) is 6.81. The number of nitrogens with zero attached hydrogens (tertiary/aromatic N) is 6. The minimum absolute atomic E-state index is 0.124. The van der Waals surface area contributed by atoms with Gasteiger partial charge in [0.15, 0.2) is 16.5 Å². The Balaban J connectivity index is 1.26. The summed E-state index contributed by atoms with van der Waals surface area (Å²) in [5.74, 6) is 0.675. The first-order valence-electron chi connectivity index (χ1n) is 9.91. The van der Waals surface area contributed by atoms with Crippen molar-refractivity contribution in [1.82, 2.24) is 30.3 Å². The van der Waals surface area contributed by atoms with E-state index in [4.69, 9.17) is 10.5 Å². The molecule has 1 amide bonds. The molecule has 0 saturated carbocycles. The van der Waals surface area contributed by atoms with Gasteiger partial charge in [0.25, 0.3) is 0 Å². The molecule has 4 rings (SSSR count). The lowest BCUT2D eigenvalue weighted by Crippen LogP contribution is -2.45. The van der Waals surface area contributed by atoms with E-state index in [1.54, 1.807) is 0 Å². The SMILES string of the molecule is CN1CCN(CCOc2cccc(CC(=O)Nc3nnc(-c4nonc4N)s3)c2)CC1. The smallest absolute Gasteiger partial charge is 0.230 e. The number of nitrogen functional groups attached to an aromatic ring is 1. The quantitative estimate of drug-likeness (QED) is 0.517. The van der Waals surface area contributed by atoms with Crippen LogP contribution in [-0.2, 0) is 11.2 Å². The van der Waals surface area contributed by atoms with Crippen molar-refractivity contribution in [2.45, 2.75) is 6.42 Å². The van der Waals surface area contributed by atoms with Crippen LogP contribution < -0.4 is 15.8 Å². The van der Waals surface area contributed by atoms with Crippen LogP contribution in [0.5, 0.6) is 5.75 Å². The summed E-state index contributed by atoms with van der Waals surface area (Å²) in [6.45, 7) is 5.81. The van der Waals surface area contributed by atoms with Crippen LogP contribution in [0.15, 0.2) is 28.9 Å². The second-order valence-corrected chi connectivity index (χ2v) is 8.25. The lowest BCUT2D eigenvalue weighted by Gasteiger charge is -2.32. The molecular weight excluding hydrogens is 420 g/mol. The molecule has 0 bridgehead atoms. The molecule has 12 heteroatoms. The summed E-state index contributed by atoms with van der Waals surface area (Å²) in [7, 11) is 2.14. The van der Waals surface area contributed by atoms with Crippen LogP contribution in [0.1, 0.15) is 5.56 Å². The number of hydrogen-bond acceptors (Lipinski definition) is 11. The Hall–Kier alpha value is -3.09. The second-order valence-electron chi connectivity index (χ2n) is 7.28. The van der Waals surface area contributed by atoms with Gasteiger partial charge in [-0.05, 0) is 35.1 Å². The summed E-state index contributed by atoms with van der Waals surface area (Å²) in [6, 6.07) is 7.56. The van der Waals surface area contributed by atoms with Gasteiger partial charge in [0, 0.05) is 32.7 Å². The van der Waals surface area contributed by atoms with Crippen molar-refractivity contribution in [1.29, 1.82) is 0 Å². The number of rotatable bonds is 8. The Morgan fingerprint density at radius 2 is 2.10 bits per heavy atom. The maximum Gasteiger partial charge on any atom is 0.230 e. The highest BCUT2D eigenvalue weighted by Crippen LogP contribution is 2.28. The van der Waals surface area contributed by atoms with Gasteiger partial charge in [-0.25, -0.2) is 4.63 Å². The molecule has 1 fully saturated rings. The van der Waals surface area contributed by atoms with Crippen LogP contribution >= 0.6 is 11.3 Å². The lowest BCUT2D eigenvalue weighted by atomic mass is 10.1. The Morgan fingerprint density at radius 3 is 2.87 bits per heavy atom. The van der Waals surface area contributed by atoms with Gasteiger partial charge in [-0.15, -0.1) is 10.2 Å². The third-order valence-corrected chi connectivity index (χ3v) is 5.77. The number of benzene rings is 1. The highest BCUT2D eigenvalue weighted by Gasteiger charge is 2.16. The monoisotopic (exact) mass is 444 g/mol. The van der Waals surface area contributed by atoms with Crippen LogP contribution in [0.25, 0.3) is 10.7 Å². The van der Waals surface area contributed by atoms with Gasteiger partial charge in [0.05, 0.1) is 6.42 Å². The molecule has 1 aliphatic heterocycles. The Bertz CT molecular complexity index is 1020. The van der Waals surface area contributed by atoms with Crippen LogP contribution in [-0.4, -0.2) is 82.6 Å². The average Bonchev–Trinajstić information content (AvgIpc) is 3.38. The van der Waals surface area contributed by atoms with E-state index in [0.717, 1.165) is 55.4 Å². The van der Waals surface area contributed by atoms with Crippen molar-refractivity contribution in [3.8, 4) is 16.5 Å². The van der Waals surface area contributed by atoms with Crippen molar-refractivity contribution in [2.75, 3.05) is 57.4 Å². The van der Waals surface area contributed by atoms with Crippen LogP contribution in [0.4, 0.5) is 10.9 Å². The van der Waals surface area contributed by atoms with E-state index in [-0.39, 0.29) is 18.1 Å². The molecule has 3 heterocycles. The standard InChI is InChI=1S/C19H24N8O3S/c1-26-5-7-27(8-6-26)9-10-29-14-4-2-3-13(11-14)12-15(28)21-19-23-22-18(31-19)16-17(20)25-30-24-16/h2-4,11H,5-10,12H2,1H3,(H2,20,25)(H,21,23,28). The second kappa shape index (κ2) is 9.81. The predicted octanol–water partition coefficient (Wildman–Crippen LogP) is 0.978. The number of carbonyl (C=O) groups is 1. The molecule has 31 heavy (non-hydrogen) atoms. The minimum atomic E-state index is -0.205. The van der Waals surface area contributed by atoms with E-state index in [9.17, 15) is 4.79 Å². The lowest BCUT2D eigenvalue weighted by molar-refractivity contribution is -0.115. The van der Waals surface area contributed by atoms with Crippen LogP contribution in [0.3, 0.4) is 0 Å². The van der Waals surface area contributed by atoms with Gasteiger partial charge in [-0.2, -0.15) is 0 Å². The number of amides is 1. The van der Waals surface area contributed by atoms with Crippen molar-refractivity contribution in [3.63, 3.8) is 0 Å². The Morgan fingerprint density at radius 1 is 1.26 bits per heavy atom. The topological polar surface area (TPSA) is 136 Å². The van der Waals surface area contributed by atoms with E-state index in [1.165, 1.54) is 0 Å². The molecule has 1 saturated heterocycles. The number of anilines is 2. The number of piperazine rings is 1. The molecular formula is C19H24N8O3S. The largest absolute Gasteiger partial charge is 0.492 e. The predicted molar refractivity (Wildman–Crippen MR) is 116 cm³/mol. The first-order valence-corrected chi connectivity index (χ1v) is 10.7. The molecule has 0 radical (unpaired) electrons. The maximum absolute atomic E-state index is 12.4. The average molecular weight is 445 g/mol. The number of likely N-dealkylation sites (N-methyl/N-ethyl adjacent to an activating group) is 1. The number of nitrogens with two attached hydrogens (primary N) is 1. The van der Waals surface area contributed by atoms with Crippen LogP contribution in [0.2, 0.25) is 0 Å². The molecule has 0 aliphatic carbocycles. The minimum Gasteiger partial charge on any atom is -0.492 e. The number of carbonyl (C=O) groups excluding carboxylic acids is 1. The van der Waals surface area contributed by atoms with E-state index < -0.39 is 0 Å². The van der Waals surface area contributed by atoms with Gasteiger partial charge >= 0.3 is 0 Å². The third-order valence-electron chi connectivity index (χ3n) is 4.92. The number of ether oxygens (including phenoxy) is 1. The first-order chi connectivity index (χ1) is 15.1. The van der Waals surface area contributed by atoms with Crippen molar-refractivity contribution in [3.05, 3.63) is 29.8 Å². The van der Waals surface area contributed by atoms with Gasteiger partial charge < -0.3 is 20.7 Å². The van der Waals surface area contributed by atoms with E-state index in [1.807, 2.05) is 24.3 Å². The van der Waals surface area contributed by atoms with Gasteiger partial charge in [0.1, 0.15) is 12.4 Å². The summed E-state index contributed by atoms with van der Waals surface area (Å²) < 4.78 is 10.4. The molecule has 0 spiro atoms. The van der Waals surface area contributed by atoms with Crippen molar-refractivity contribution in [2.24, 2.45) is 0 Å². The first kappa shape index (κ1) is 21.2. The molecule has 0 atom stereocenters. The van der Waals surface area contributed by atoms with Crippen LogP contribution in [0, 0.1) is 0 Å².